The molecule has 1 aliphatic carbocycles. The average molecular weight is 239 g/mol. The molecule has 18 heavy (non-hydrogen) atoms. The van der Waals surface area contributed by atoms with Crippen LogP contribution in [0.4, 0.5) is 0 Å². The van der Waals surface area contributed by atoms with E-state index < -0.39 is 0 Å². The molecule has 0 heterocycles. The molecule has 0 bridgehead atoms. The molecule has 0 amide bonds. The number of nitrogens with zero attached hydrogens (tertiary/aromatic N) is 3. The van der Waals surface area contributed by atoms with Crippen LogP contribution in [-0.2, 0) is 6.54 Å². The summed E-state index contributed by atoms with van der Waals surface area (Å²) in [5.74, 6) is 0. The van der Waals surface area contributed by atoms with Crippen molar-refractivity contribution in [2.45, 2.75) is 38.8 Å². The molecule has 1 aliphatic rings. The lowest BCUT2D eigenvalue weighted by molar-refractivity contribution is 0.260. The molecule has 3 heteroatoms. The first-order valence-corrected chi connectivity index (χ1v) is 6.35. The highest BCUT2D eigenvalue weighted by atomic mass is 15.2. The topological polar surface area (TPSA) is 50.8 Å². The van der Waals surface area contributed by atoms with E-state index >= 15 is 0 Å². The van der Waals surface area contributed by atoms with Gasteiger partial charge >= 0.3 is 0 Å². The average Bonchev–Trinajstić information content (AvgIpc) is 3.20. The molecule has 0 aliphatic heterocycles. The van der Waals surface area contributed by atoms with Crippen LogP contribution in [0.1, 0.15) is 36.0 Å². The van der Waals surface area contributed by atoms with Crippen molar-refractivity contribution < 1.29 is 0 Å². The Bertz CT molecular complexity index is 503. The number of hydrogen-bond acceptors (Lipinski definition) is 3. The van der Waals surface area contributed by atoms with Gasteiger partial charge in [0.2, 0.25) is 0 Å². The highest BCUT2D eigenvalue weighted by Gasteiger charge is 2.28. The lowest BCUT2D eigenvalue weighted by Gasteiger charge is -2.21. The van der Waals surface area contributed by atoms with Gasteiger partial charge in [-0.3, -0.25) is 4.90 Å². The summed E-state index contributed by atoms with van der Waals surface area (Å²) in [6.07, 6.45) is 3.09. The minimum absolute atomic E-state index is 0.589. The van der Waals surface area contributed by atoms with E-state index in [4.69, 9.17) is 10.5 Å². The molecule has 2 rings (SSSR count). The molecule has 1 saturated carbocycles. The molecule has 0 saturated heterocycles. The van der Waals surface area contributed by atoms with Gasteiger partial charge in [0, 0.05) is 25.6 Å². The van der Waals surface area contributed by atoms with Crippen molar-refractivity contribution in [3.8, 4) is 12.1 Å². The van der Waals surface area contributed by atoms with E-state index in [1.165, 1.54) is 18.4 Å². The lowest BCUT2D eigenvalue weighted by atomic mass is 10.0. The third-order valence-electron chi connectivity index (χ3n) is 3.42. The van der Waals surface area contributed by atoms with Gasteiger partial charge in [0.15, 0.2) is 0 Å². The first-order chi connectivity index (χ1) is 8.74. The van der Waals surface area contributed by atoms with Crippen molar-refractivity contribution in [2.24, 2.45) is 0 Å². The van der Waals surface area contributed by atoms with Gasteiger partial charge in [-0.1, -0.05) is 6.07 Å². The van der Waals surface area contributed by atoms with Crippen molar-refractivity contribution in [1.29, 1.82) is 10.5 Å². The molecule has 0 spiro atoms. The number of hydrogen-bond donors (Lipinski definition) is 0. The fourth-order valence-electron chi connectivity index (χ4n) is 2.19. The summed E-state index contributed by atoms with van der Waals surface area (Å²) in [5.41, 5.74) is 3.14. The van der Waals surface area contributed by atoms with E-state index in [1.54, 1.807) is 0 Å². The van der Waals surface area contributed by atoms with Gasteiger partial charge in [0.25, 0.3) is 0 Å². The van der Waals surface area contributed by atoms with Crippen molar-refractivity contribution in [2.75, 3.05) is 6.54 Å². The fraction of sp³-hybridized carbons (Fsp3) is 0.467. The van der Waals surface area contributed by atoms with Crippen LogP contribution in [0.25, 0.3) is 0 Å². The van der Waals surface area contributed by atoms with Crippen LogP contribution >= 0.6 is 0 Å². The number of rotatable bonds is 5. The third kappa shape index (κ3) is 3.09. The van der Waals surface area contributed by atoms with Crippen LogP contribution in [0.2, 0.25) is 0 Å². The maximum atomic E-state index is 8.85. The van der Waals surface area contributed by atoms with Crippen LogP contribution in [-0.4, -0.2) is 17.5 Å². The Kier molecular flexibility index (Phi) is 3.97. The number of benzene rings is 1. The van der Waals surface area contributed by atoms with E-state index in [9.17, 15) is 0 Å². The highest BCUT2D eigenvalue weighted by molar-refractivity contribution is 5.37. The Morgan fingerprint density at radius 1 is 1.33 bits per heavy atom. The van der Waals surface area contributed by atoms with Crippen molar-refractivity contribution >= 4 is 0 Å². The summed E-state index contributed by atoms with van der Waals surface area (Å²) in [7, 11) is 0. The molecule has 0 N–H and O–H groups in total. The first-order valence-electron chi connectivity index (χ1n) is 6.35. The lowest BCUT2D eigenvalue weighted by Crippen LogP contribution is -2.26. The molecule has 1 aromatic rings. The molecule has 92 valence electrons. The van der Waals surface area contributed by atoms with Gasteiger partial charge in [-0.2, -0.15) is 10.5 Å². The van der Waals surface area contributed by atoms with Crippen LogP contribution in [0, 0.1) is 29.6 Å². The summed E-state index contributed by atoms with van der Waals surface area (Å²) in [4.78, 5) is 2.39. The minimum Gasteiger partial charge on any atom is -0.295 e. The smallest absolute Gasteiger partial charge is 0.0991 e. The maximum absolute atomic E-state index is 8.85. The molecule has 1 aromatic carbocycles. The molecule has 0 aromatic heterocycles. The Labute approximate surface area is 108 Å². The Morgan fingerprint density at radius 2 is 2.11 bits per heavy atom. The van der Waals surface area contributed by atoms with E-state index in [-0.39, 0.29) is 0 Å². The molecule has 0 unspecified atom stereocenters. The Balaban J connectivity index is 2.07. The molecule has 0 atom stereocenters. The zero-order chi connectivity index (χ0) is 13.0. The second-order valence-corrected chi connectivity index (χ2v) is 4.86. The summed E-state index contributed by atoms with van der Waals surface area (Å²) in [6, 6.07) is 10.9. The maximum Gasteiger partial charge on any atom is 0.0991 e. The largest absolute Gasteiger partial charge is 0.295 e. The zero-order valence-corrected chi connectivity index (χ0v) is 10.7. The Hall–Kier alpha value is -1.84. The van der Waals surface area contributed by atoms with Gasteiger partial charge in [-0.15, -0.1) is 0 Å². The van der Waals surface area contributed by atoms with Gasteiger partial charge < -0.3 is 0 Å². The molecular formula is C15H17N3. The standard InChI is InChI=1S/C15H17N3/c1-12-9-13(10-17)3-4-14(12)11-18(8-2-7-16)15-5-6-15/h3-4,9,15H,2,5-6,8,11H2,1H3. The van der Waals surface area contributed by atoms with E-state index in [0.717, 1.165) is 18.7 Å². The van der Waals surface area contributed by atoms with Crippen molar-refractivity contribution in [3.63, 3.8) is 0 Å². The van der Waals surface area contributed by atoms with Gasteiger partial charge in [0.05, 0.1) is 17.7 Å². The highest BCUT2D eigenvalue weighted by Crippen LogP contribution is 2.29. The monoisotopic (exact) mass is 239 g/mol. The zero-order valence-electron chi connectivity index (χ0n) is 10.7. The molecular weight excluding hydrogens is 222 g/mol. The third-order valence-corrected chi connectivity index (χ3v) is 3.42. The van der Waals surface area contributed by atoms with E-state index in [1.807, 2.05) is 25.1 Å². The molecule has 0 radical (unpaired) electrons. The van der Waals surface area contributed by atoms with Gasteiger partial charge in [-0.25, -0.2) is 0 Å². The normalized spacial score (nSPS) is 14.2. The van der Waals surface area contributed by atoms with Crippen molar-refractivity contribution in [3.05, 3.63) is 34.9 Å². The predicted molar refractivity (Wildman–Crippen MR) is 69.6 cm³/mol. The first kappa shape index (κ1) is 12.6. The van der Waals surface area contributed by atoms with Gasteiger partial charge in [-0.05, 0) is 43.0 Å². The number of aryl methyl sites for hydroxylation is 1. The predicted octanol–water partition coefficient (Wildman–Crippen LogP) is 2.74. The molecule has 1 fully saturated rings. The fourth-order valence-corrected chi connectivity index (χ4v) is 2.19. The van der Waals surface area contributed by atoms with Crippen LogP contribution in [0.15, 0.2) is 18.2 Å². The SMILES string of the molecule is Cc1cc(C#N)ccc1CN(CCC#N)C1CC1. The quantitative estimate of drug-likeness (QED) is 0.793. The minimum atomic E-state index is 0.589. The summed E-state index contributed by atoms with van der Waals surface area (Å²) in [5, 5.41) is 17.5. The Morgan fingerprint density at radius 3 is 2.67 bits per heavy atom. The van der Waals surface area contributed by atoms with E-state index in [0.29, 0.717) is 18.0 Å². The van der Waals surface area contributed by atoms with Crippen LogP contribution < -0.4 is 0 Å². The summed E-state index contributed by atoms with van der Waals surface area (Å²) in [6.45, 7) is 3.79. The van der Waals surface area contributed by atoms with Gasteiger partial charge in [0.1, 0.15) is 0 Å². The second kappa shape index (κ2) is 5.67. The van der Waals surface area contributed by atoms with Crippen molar-refractivity contribution in [1.82, 2.24) is 4.90 Å². The summed E-state index contributed by atoms with van der Waals surface area (Å²) >= 11 is 0. The van der Waals surface area contributed by atoms with Crippen LogP contribution in [0.3, 0.4) is 0 Å². The molecule has 3 nitrogen and oxygen atoms in total. The van der Waals surface area contributed by atoms with Crippen LogP contribution in [0.5, 0.6) is 0 Å². The summed E-state index contributed by atoms with van der Waals surface area (Å²) < 4.78 is 0. The van der Waals surface area contributed by atoms with E-state index in [2.05, 4.69) is 17.0 Å². The second-order valence-electron chi connectivity index (χ2n) is 4.86. The number of nitriles is 2.